The van der Waals surface area contributed by atoms with Crippen molar-refractivity contribution in [2.24, 2.45) is 0 Å². The number of hydrogen-bond acceptors (Lipinski definition) is 7. The van der Waals surface area contributed by atoms with Gasteiger partial charge in [0.15, 0.2) is 11.6 Å². The molecule has 0 unspecified atom stereocenters. The molecule has 0 bridgehead atoms. The molecular weight excluding hydrogens is 294 g/mol. The first-order valence-corrected chi connectivity index (χ1v) is 7.53. The van der Waals surface area contributed by atoms with Crippen molar-refractivity contribution in [1.29, 1.82) is 0 Å². The zero-order valence-electron chi connectivity index (χ0n) is 13.7. The molecular formula is C16H23N5O2. The predicted molar refractivity (Wildman–Crippen MR) is 92.7 cm³/mol. The summed E-state index contributed by atoms with van der Waals surface area (Å²) >= 11 is 0. The molecule has 7 heteroatoms. The van der Waals surface area contributed by atoms with Crippen LogP contribution < -0.4 is 25.8 Å². The highest BCUT2D eigenvalue weighted by atomic mass is 16.5. The standard InChI is InChI=1S/C16H23N5O2/c1-4-5-8-18-15-14(17)16(20-10-19-15)21-12-9-11(22-2)6-7-13(12)23-3/h6-7,9-10H,4-5,8,17H2,1-3H3,(H2,18,19,20,21). The van der Waals surface area contributed by atoms with E-state index in [1.807, 2.05) is 18.2 Å². The molecule has 23 heavy (non-hydrogen) atoms. The summed E-state index contributed by atoms with van der Waals surface area (Å²) in [7, 11) is 3.22. The zero-order valence-corrected chi connectivity index (χ0v) is 13.7. The monoisotopic (exact) mass is 317 g/mol. The van der Waals surface area contributed by atoms with E-state index in [2.05, 4.69) is 27.5 Å². The summed E-state index contributed by atoms with van der Waals surface area (Å²) in [5, 5.41) is 6.40. The smallest absolute Gasteiger partial charge is 0.159 e. The molecule has 0 fully saturated rings. The minimum absolute atomic E-state index is 0.466. The van der Waals surface area contributed by atoms with E-state index < -0.39 is 0 Å². The molecule has 1 aromatic carbocycles. The van der Waals surface area contributed by atoms with Crippen molar-refractivity contribution < 1.29 is 9.47 Å². The van der Waals surface area contributed by atoms with Gasteiger partial charge in [-0.3, -0.25) is 0 Å². The summed E-state index contributed by atoms with van der Waals surface area (Å²) in [6.07, 6.45) is 3.62. The number of unbranched alkanes of at least 4 members (excludes halogenated alkanes) is 1. The summed E-state index contributed by atoms with van der Waals surface area (Å²) in [6, 6.07) is 5.47. The molecule has 0 saturated heterocycles. The van der Waals surface area contributed by atoms with Crippen molar-refractivity contribution in [1.82, 2.24) is 9.97 Å². The number of hydrogen-bond donors (Lipinski definition) is 3. The number of ether oxygens (including phenoxy) is 2. The van der Waals surface area contributed by atoms with E-state index in [9.17, 15) is 0 Å². The normalized spacial score (nSPS) is 10.2. The molecule has 0 spiro atoms. The quantitative estimate of drug-likeness (QED) is 0.644. The van der Waals surface area contributed by atoms with Crippen LogP contribution in [0.5, 0.6) is 11.5 Å². The molecule has 7 nitrogen and oxygen atoms in total. The fourth-order valence-electron chi connectivity index (χ4n) is 2.06. The zero-order chi connectivity index (χ0) is 16.7. The Kier molecular flexibility index (Phi) is 5.85. The molecule has 2 rings (SSSR count). The van der Waals surface area contributed by atoms with Gasteiger partial charge < -0.3 is 25.8 Å². The molecule has 124 valence electrons. The largest absolute Gasteiger partial charge is 0.497 e. The van der Waals surface area contributed by atoms with Gasteiger partial charge >= 0.3 is 0 Å². The van der Waals surface area contributed by atoms with Gasteiger partial charge in [0.05, 0.1) is 19.9 Å². The van der Waals surface area contributed by atoms with Gasteiger partial charge in [0.1, 0.15) is 23.5 Å². The van der Waals surface area contributed by atoms with Crippen molar-refractivity contribution in [3.05, 3.63) is 24.5 Å². The van der Waals surface area contributed by atoms with Crippen LogP contribution in [-0.4, -0.2) is 30.7 Å². The summed E-state index contributed by atoms with van der Waals surface area (Å²) in [6.45, 7) is 2.95. The third-order valence-corrected chi connectivity index (χ3v) is 3.37. The highest BCUT2D eigenvalue weighted by Gasteiger charge is 2.11. The fourth-order valence-corrected chi connectivity index (χ4v) is 2.06. The highest BCUT2D eigenvalue weighted by Crippen LogP contribution is 2.33. The molecule has 0 radical (unpaired) electrons. The summed E-state index contributed by atoms with van der Waals surface area (Å²) in [5.41, 5.74) is 7.34. The summed E-state index contributed by atoms with van der Waals surface area (Å²) in [4.78, 5) is 8.40. The SMILES string of the molecule is CCCCNc1ncnc(Nc2cc(OC)ccc2OC)c1N. The van der Waals surface area contributed by atoms with Gasteiger partial charge in [-0.15, -0.1) is 0 Å². The van der Waals surface area contributed by atoms with Gasteiger partial charge in [0, 0.05) is 12.6 Å². The second-order valence-corrected chi connectivity index (χ2v) is 4.96. The Morgan fingerprint density at radius 3 is 2.61 bits per heavy atom. The van der Waals surface area contributed by atoms with Crippen LogP contribution >= 0.6 is 0 Å². The minimum Gasteiger partial charge on any atom is -0.497 e. The number of methoxy groups -OCH3 is 2. The first kappa shape index (κ1) is 16.7. The minimum atomic E-state index is 0.466. The Morgan fingerprint density at radius 2 is 1.91 bits per heavy atom. The lowest BCUT2D eigenvalue weighted by molar-refractivity contribution is 0.405. The maximum atomic E-state index is 6.15. The van der Waals surface area contributed by atoms with Crippen LogP contribution in [0.2, 0.25) is 0 Å². The summed E-state index contributed by atoms with van der Waals surface area (Å²) in [5.74, 6) is 2.52. The average molecular weight is 317 g/mol. The first-order chi connectivity index (χ1) is 11.2. The van der Waals surface area contributed by atoms with E-state index in [4.69, 9.17) is 15.2 Å². The van der Waals surface area contributed by atoms with E-state index in [-0.39, 0.29) is 0 Å². The third-order valence-electron chi connectivity index (χ3n) is 3.37. The Hall–Kier alpha value is -2.70. The van der Waals surface area contributed by atoms with Gasteiger partial charge in [0.2, 0.25) is 0 Å². The maximum Gasteiger partial charge on any atom is 0.159 e. The third kappa shape index (κ3) is 4.15. The number of nitrogens with one attached hydrogen (secondary N) is 2. The lowest BCUT2D eigenvalue weighted by Crippen LogP contribution is -2.09. The average Bonchev–Trinajstić information content (AvgIpc) is 2.58. The van der Waals surface area contributed by atoms with Crippen molar-refractivity contribution in [2.45, 2.75) is 19.8 Å². The van der Waals surface area contributed by atoms with E-state index >= 15 is 0 Å². The van der Waals surface area contributed by atoms with Crippen molar-refractivity contribution in [2.75, 3.05) is 37.1 Å². The Balaban J connectivity index is 2.24. The topological polar surface area (TPSA) is 94.3 Å². The lowest BCUT2D eigenvalue weighted by atomic mass is 10.2. The van der Waals surface area contributed by atoms with Gasteiger partial charge in [-0.05, 0) is 18.6 Å². The summed E-state index contributed by atoms with van der Waals surface area (Å²) < 4.78 is 10.6. The number of nitrogens with zero attached hydrogens (tertiary/aromatic N) is 2. The van der Waals surface area contributed by atoms with E-state index in [0.29, 0.717) is 28.8 Å². The molecule has 0 saturated carbocycles. The van der Waals surface area contributed by atoms with Crippen molar-refractivity contribution in [3.8, 4) is 11.5 Å². The Labute approximate surface area is 136 Å². The Morgan fingerprint density at radius 1 is 1.13 bits per heavy atom. The number of anilines is 4. The second kappa shape index (κ2) is 8.07. The molecule has 0 amide bonds. The Bertz CT molecular complexity index is 648. The molecule has 0 aliphatic rings. The lowest BCUT2D eigenvalue weighted by Gasteiger charge is -2.15. The fraction of sp³-hybridized carbons (Fsp3) is 0.375. The van der Waals surface area contributed by atoms with E-state index in [1.54, 1.807) is 14.2 Å². The molecule has 2 aromatic rings. The van der Waals surface area contributed by atoms with E-state index in [1.165, 1.54) is 6.33 Å². The number of rotatable bonds is 8. The number of benzene rings is 1. The maximum absolute atomic E-state index is 6.15. The van der Waals surface area contributed by atoms with Crippen LogP contribution in [0.25, 0.3) is 0 Å². The van der Waals surface area contributed by atoms with Crippen molar-refractivity contribution >= 4 is 23.0 Å². The number of nitrogen functional groups attached to an aromatic ring is 1. The number of nitrogens with two attached hydrogens (primary N) is 1. The van der Waals surface area contributed by atoms with Gasteiger partial charge in [0.25, 0.3) is 0 Å². The molecule has 0 atom stereocenters. The first-order valence-electron chi connectivity index (χ1n) is 7.53. The van der Waals surface area contributed by atoms with Crippen LogP contribution in [-0.2, 0) is 0 Å². The molecule has 1 heterocycles. The van der Waals surface area contributed by atoms with Gasteiger partial charge in [-0.2, -0.15) is 0 Å². The highest BCUT2D eigenvalue weighted by molar-refractivity contribution is 5.79. The second-order valence-electron chi connectivity index (χ2n) is 4.96. The van der Waals surface area contributed by atoms with E-state index in [0.717, 1.165) is 25.1 Å². The van der Waals surface area contributed by atoms with Crippen LogP contribution in [0, 0.1) is 0 Å². The number of aromatic nitrogens is 2. The van der Waals surface area contributed by atoms with Crippen molar-refractivity contribution in [3.63, 3.8) is 0 Å². The molecule has 0 aliphatic heterocycles. The van der Waals surface area contributed by atoms with Crippen LogP contribution in [0.1, 0.15) is 19.8 Å². The molecule has 1 aromatic heterocycles. The molecule has 4 N–H and O–H groups in total. The van der Waals surface area contributed by atoms with Gasteiger partial charge in [-0.25, -0.2) is 9.97 Å². The van der Waals surface area contributed by atoms with Crippen LogP contribution in [0.3, 0.4) is 0 Å². The predicted octanol–water partition coefficient (Wildman–Crippen LogP) is 3.03. The van der Waals surface area contributed by atoms with Crippen LogP contribution in [0.4, 0.5) is 23.0 Å². The van der Waals surface area contributed by atoms with Gasteiger partial charge in [-0.1, -0.05) is 13.3 Å². The van der Waals surface area contributed by atoms with Crippen LogP contribution in [0.15, 0.2) is 24.5 Å². The molecule has 0 aliphatic carbocycles.